The first kappa shape index (κ1) is 13.9. The van der Waals surface area contributed by atoms with E-state index in [1.54, 1.807) is 12.0 Å². The minimum atomic E-state index is -0.916. The highest BCUT2D eigenvalue weighted by Crippen LogP contribution is 2.26. The van der Waals surface area contributed by atoms with Crippen molar-refractivity contribution in [2.75, 3.05) is 13.7 Å². The van der Waals surface area contributed by atoms with Gasteiger partial charge in [-0.3, -0.25) is 9.59 Å². The molecule has 1 aromatic carbocycles. The van der Waals surface area contributed by atoms with E-state index in [4.69, 9.17) is 9.84 Å². The largest absolute Gasteiger partial charge is 0.497 e. The number of halogens is 1. The van der Waals surface area contributed by atoms with Crippen molar-refractivity contribution in [3.63, 3.8) is 0 Å². The molecule has 0 saturated carbocycles. The van der Waals surface area contributed by atoms with Crippen LogP contribution in [0.3, 0.4) is 0 Å². The fourth-order valence-electron chi connectivity index (χ4n) is 2.10. The van der Waals surface area contributed by atoms with Crippen LogP contribution in [0, 0.1) is 5.92 Å². The van der Waals surface area contributed by atoms with Gasteiger partial charge in [-0.2, -0.15) is 0 Å². The van der Waals surface area contributed by atoms with Crippen molar-refractivity contribution in [3.05, 3.63) is 28.2 Å². The molecule has 0 radical (unpaired) electrons. The summed E-state index contributed by atoms with van der Waals surface area (Å²) in [7, 11) is 1.58. The normalized spacial score (nSPS) is 18.7. The molecule has 1 unspecified atom stereocenters. The maximum absolute atomic E-state index is 11.8. The number of hydrogen-bond acceptors (Lipinski definition) is 3. The molecule has 1 atom stereocenters. The van der Waals surface area contributed by atoms with Crippen molar-refractivity contribution in [1.29, 1.82) is 0 Å². The van der Waals surface area contributed by atoms with Crippen LogP contribution in [0.25, 0.3) is 0 Å². The van der Waals surface area contributed by atoms with Gasteiger partial charge in [-0.15, -0.1) is 0 Å². The van der Waals surface area contributed by atoms with Gasteiger partial charge < -0.3 is 14.7 Å². The summed E-state index contributed by atoms with van der Waals surface area (Å²) in [6.45, 7) is 0.651. The van der Waals surface area contributed by atoms with Crippen molar-refractivity contribution in [3.8, 4) is 5.75 Å². The Hall–Kier alpha value is -1.56. The minimum absolute atomic E-state index is 0.0803. The number of carbonyl (C=O) groups is 2. The third kappa shape index (κ3) is 3.07. The maximum atomic E-state index is 11.8. The van der Waals surface area contributed by atoms with Crippen LogP contribution in [0.4, 0.5) is 0 Å². The smallest absolute Gasteiger partial charge is 0.308 e. The van der Waals surface area contributed by atoms with Gasteiger partial charge in [-0.1, -0.05) is 15.9 Å². The molecule has 1 aliphatic rings. The highest BCUT2D eigenvalue weighted by atomic mass is 79.9. The van der Waals surface area contributed by atoms with E-state index in [0.29, 0.717) is 12.3 Å². The molecule has 0 aliphatic carbocycles. The molecular weight excluding hydrogens is 314 g/mol. The molecule has 0 bridgehead atoms. The number of likely N-dealkylation sites (tertiary alicyclic amines) is 1. The molecule has 0 aromatic heterocycles. The summed E-state index contributed by atoms with van der Waals surface area (Å²) in [6, 6.07) is 5.51. The zero-order valence-electron chi connectivity index (χ0n) is 10.4. The predicted molar refractivity (Wildman–Crippen MR) is 71.9 cm³/mol. The Morgan fingerprint density at radius 2 is 2.32 bits per heavy atom. The second-order valence-corrected chi connectivity index (χ2v) is 5.33. The Morgan fingerprint density at radius 3 is 2.89 bits per heavy atom. The third-order valence-electron chi connectivity index (χ3n) is 3.18. The number of carboxylic acid groups (broad SMARTS) is 1. The van der Waals surface area contributed by atoms with E-state index in [0.717, 1.165) is 10.0 Å². The molecule has 1 amide bonds. The lowest BCUT2D eigenvalue weighted by molar-refractivity contribution is -0.141. The van der Waals surface area contributed by atoms with Crippen LogP contribution in [0.1, 0.15) is 12.0 Å². The van der Waals surface area contributed by atoms with Gasteiger partial charge in [0, 0.05) is 24.0 Å². The molecule has 5 nitrogen and oxygen atoms in total. The summed E-state index contributed by atoms with van der Waals surface area (Å²) in [5.41, 5.74) is 0.902. The second-order valence-electron chi connectivity index (χ2n) is 4.47. The molecule has 102 valence electrons. The van der Waals surface area contributed by atoms with E-state index in [2.05, 4.69) is 15.9 Å². The Labute approximate surface area is 119 Å². The Morgan fingerprint density at radius 1 is 1.58 bits per heavy atom. The van der Waals surface area contributed by atoms with E-state index >= 15 is 0 Å². The van der Waals surface area contributed by atoms with Gasteiger partial charge in [-0.25, -0.2) is 0 Å². The van der Waals surface area contributed by atoms with Gasteiger partial charge in [-0.05, 0) is 23.8 Å². The molecule has 1 fully saturated rings. The molecule has 19 heavy (non-hydrogen) atoms. The van der Waals surface area contributed by atoms with Crippen LogP contribution in [0.15, 0.2) is 22.7 Å². The molecule has 1 saturated heterocycles. The third-order valence-corrected chi connectivity index (χ3v) is 3.95. The molecule has 1 aliphatic heterocycles. The van der Waals surface area contributed by atoms with E-state index in [1.165, 1.54) is 0 Å². The second kappa shape index (κ2) is 5.61. The van der Waals surface area contributed by atoms with E-state index in [-0.39, 0.29) is 18.9 Å². The number of methoxy groups -OCH3 is 1. The molecule has 1 N–H and O–H groups in total. The molecular formula is C13H14BrNO4. The van der Waals surface area contributed by atoms with Crippen LogP contribution in [0.2, 0.25) is 0 Å². The zero-order valence-corrected chi connectivity index (χ0v) is 12.0. The van der Waals surface area contributed by atoms with E-state index < -0.39 is 11.9 Å². The number of rotatable bonds is 4. The monoisotopic (exact) mass is 327 g/mol. The van der Waals surface area contributed by atoms with Gasteiger partial charge in [0.2, 0.25) is 5.91 Å². The van der Waals surface area contributed by atoms with Crippen LogP contribution in [0.5, 0.6) is 5.75 Å². The van der Waals surface area contributed by atoms with Crippen molar-refractivity contribution < 1.29 is 19.4 Å². The Bertz CT molecular complexity index is 517. The number of hydrogen-bond donors (Lipinski definition) is 1. The van der Waals surface area contributed by atoms with Crippen molar-refractivity contribution in [1.82, 2.24) is 4.90 Å². The van der Waals surface area contributed by atoms with Crippen molar-refractivity contribution in [2.45, 2.75) is 13.0 Å². The fourth-order valence-corrected chi connectivity index (χ4v) is 2.47. The molecule has 1 aromatic rings. The average molecular weight is 328 g/mol. The van der Waals surface area contributed by atoms with Gasteiger partial charge in [0.1, 0.15) is 5.75 Å². The summed E-state index contributed by atoms with van der Waals surface area (Å²) in [4.78, 5) is 24.2. The molecule has 6 heteroatoms. The summed E-state index contributed by atoms with van der Waals surface area (Å²) in [6.07, 6.45) is 0.0803. The van der Waals surface area contributed by atoms with Crippen molar-refractivity contribution >= 4 is 27.8 Å². The van der Waals surface area contributed by atoms with Gasteiger partial charge in [0.05, 0.1) is 13.0 Å². The zero-order chi connectivity index (χ0) is 14.0. The highest BCUT2D eigenvalue weighted by Gasteiger charge is 2.34. The number of aliphatic carboxylic acids is 1. The summed E-state index contributed by atoms with van der Waals surface area (Å²) in [5, 5.41) is 8.94. The summed E-state index contributed by atoms with van der Waals surface area (Å²) >= 11 is 3.42. The van der Waals surface area contributed by atoms with Gasteiger partial charge in [0.25, 0.3) is 0 Å². The number of amides is 1. The van der Waals surface area contributed by atoms with Crippen LogP contribution in [-0.4, -0.2) is 35.5 Å². The standard InChI is InChI=1S/C13H14BrNO4/c1-19-10-2-3-11(14)8(4-10)6-15-7-9(13(17)18)5-12(15)16/h2-4,9H,5-7H2,1H3,(H,17,18). The number of benzene rings is 1. The van der Waals surface area contributed by atoms with E-state index in [9.17, 15) is 9.59 Å². The summed E-state index contributed by atoms with van der Waals surface area (Å²) < 4.78 is 6.02. The quantitative estimate of drug-likeness (QED) is 0.917. The Balaban J connectivity index is 2.13. The highest BCUT2D eigenvalue weighted by molar-refractivity contribution is 9.10. The lowest BCUT2D eigenvalue weighted by atomic mass is 10.1. The number of carbonyl (C=O) groups excluding carboxylic acids is 1. The predicted octanol–water partition coefficient (Wildman–Crippen LogP) is 1.89. The number of carboxylic acids is 1. The lowest BCUT2D eigenvalue weighted by Gasteiger charge is -2.17. The molecule has 1 heterocycles. The van der Waals surface area contributed by atoms with Crippen LogP contribution in [-0.2, 0) is 16.1 Å². The maximum Gasteiger partial charge on any atom is 0.308 e. The average Bonchev–Trinajstić information content (AvgIpc) is 2.74. The topological polar surface area (TPSA) is 66.8 Å². The first-order chi connectivity index (χ1) is 9.01. The number of ether oxygens (including phenoxy) is 1. The first-order valence-corrected chi connectivity index (χ1v) is 6.63. The first-order valence-electron chi connectivity index (χ1n) is 5.84. The molecule has 0 spiro atoms. The fraction of sp³-hybridized carbons (Fsp3) is 0.385. The summed E-state index contributed by atoms with van der Waals surface area (Å²) in [5.74, 6) is -0.931. The van der Waals surface area contributed by atoms with Crippen LogP contribution >= 0.6 is 15.9 Å². The Kier molecular flexibility index (Phi) is 4.09. The number of nitrogens with zero attached hydrogens (tertiary/aromatic N) is 1. The molecule has 2 rings (SSSR count). The van der Waals surface area contributed by atoms with Gasteiger partial charge >= 0.3 is 5.97 Å². The SMILES string of the molecule is COc1ccc(Br)c(CN2CC(C(=O)O)CC2=O)c1. The van der Waals surface area contributed by atoms with E-state index in [1.807, 2.05) is 18.2 Å². The van der Waals surface area contributed by atoms with Crippen molar-refractivity contribution in [2.24, 2.45) is 5.92 Å². The lowest BCUT2D eigenvalue weighted by Crippen LogP contribution is -2.25. The van der Waals surface area contributed by atoms with Crippen LogP contribution < -0.4 is 4.74 Å². The minimum Gasteiger partial charge on any atom is -0.497 e. The van der Waals surface area contributed by atoms with Gasteiger partial charge in [0.15, 0.2) is 0 Å².